The Morgan fingerprint density at radius 1 is 1.05 bits per heavy atom. The summed E-state index contributed by atoms with van der Waals surface area (Å²) in [5.74, 6) is 1.11. The second-order valence-electron chi connectivity index (χ2n) is 6.32. The highest BCUT2D eigenvalue weighted by Crippen LogP contribution is 2.27. The molecule has 2 saturated carbocycles. The summed E-state index contributed by atoms with van der Waals surface area (Å²) in [5.41, 5.74) is 0. The minimum absolute atomic E-state index is 0.0133. The van der Waals surface area contributed by atoms with Gasteiger partial charge in [0.1, 0.15) is 0 Å². The minimum Gasteiger partial charge on any atom is -0.469 e. The molecule has 0 aromatic heterocycles. The molecule has 0 radical (unpaired) electrons. The number of carbonyl (C=O) groups excluding carboxylic acids is 1. The largest absolute Gasteiger partial charge is 0.469 e. The van der Waals surface area contributed by atoms with Gasteiger partial charge in [-0.1, -0.05) is 32.1 Å². The van der Waals surface area contributed by atoms with Crippen molar-refractivity contribution in [1.82, 2.24) is 5.32 Å². The summed E-state index contributed by atoms with van der Waals surface area (Å²) >= 11 is 0. The third kappa shape index (κ3) is 4.79. The summed E-state index contributed by atoms with van der Waals surface area (Å²) in [7, 11) is 1.50. The Bertz CT molecular complexity index is 266. The molecule has 0 aliphatic heterocycles. The van der Waals surface area contributed by atoms with Crippen molar-refractivity contribution >= 4 is 5.97 Å². The quantitative estimate of drug-likeness (QED) is 0.777. The predicted octanol–water partition coefficient (Wildman–Crippen LogP) is 3.28. The van der Waals surface area contributed by atoms with Crippen molar-refractivity contribution in [3.05, 3.63) is 0 Å². The maximum Gasteiger partial charge on any atom is 0.308 e. The molecule has 0 spiro atoms. The summed E-state index contributed by atoms with van der Waals surface area (Å²) < 4.78 is 4.83. The van der Waals surface area contributed by atoms with Crippen molar-refractivity contribution in [3.8, 4) is 0 Å². The van der Waals surface area contributed by atoms with E-state index in [1.807, 2.05) is 0 Å². The van der Waals surface area contributed by atoms with Crippen molar-refractivity contribution in [2.75, 3.05) is 13.7 Å². The fraction of sp³-hybridized carbons (Fsp3) is 0.938. The lowest BCUT2D eigenvalue weighted by atomic mass is 9.85. The SMILES string of the molecule is COC(=O)C1CCC(NCCC2CCCCC2)CC1. The first-order valence-electron chi connectivity index (χ1n) is 8.11. The van der Waals surface area contributed by atoms with Crippen LogP contribution in [0, 0.1) is 11.8 Å². The van der Waals surface area contributed by atoms with Gasteiger partial charge in [0.2, 0.25) is 0 Å². The van der Waals surface area contributed by atoms with E-state index in [0.717, 1.165) is 38.1 Å². The van der Waals surface area contributed by atoms with Crippen LogP contribution in [0.25, 0.3) is 0 Å². The minimum atomic E-state index is -0.0133. The molecule has 0 atom stereocenters. The van der Waals surface area contributed by atoms with E-state index in [-0.39, 0.29) is 11.9 Å². The first kappa shape index (κ1) is 14.8. The molecule has 110 valence electrons. The van der Waals surface area contributed by atoms with Crippen molar-refractivity contribution in [2.24, 2.45) is 11.8 Å². The van der Waals surface area contributed by atoms with Crippen LogP contribution in [-0.2, 0) is 9.53 Å². The number of rotatable bonds is 5. The Balaban J connectivity index is 1.56. The van der Waals surface area contributed by atoms with E-state index < -0.39 is 0 Å². The first-order chi connectivity index (χ1) is 9.29. The van der Waals surface area contributed by atoms with E-state index in [2.05, 4.69) is 5.32 Å². The van der Waals surface area contributed by atoms with Gasteiger partial charge in [-0.2, -0.15) is 0 Å². The third-order valence-electron chi connectivity index (χ3n) is 4.97. The summed E-state index contributed by atoms with van der Waals surface area (Å²) in [4.78, 5) is 11.5. The second-order valence-corrected chi connectivity index (χ2v) is 6.32. The Morgan fingerprint density at radius 3 is 2.37 bits per heavy atom. The lowest BCUT2D eigenvalue weighted by Crippen LogP contribution is -2.36. The monoisotopic (exact) mass is 267 g/mol. The van der Waals surface area contributed by atoms with Crippen LogP contribution < -0.4 is 5.32 Å². The maximum absolute atomic E-state index is 11.5. The average molecular weight is 267 g/mol. The van der Waals surface area contributed by atoms with E-state index >= 15 is 0 Å². The highest BCUT2D eigenvalue weighted by Gasteiger charge is 2.26. The maximum atomic E-state index is 11.5. The number of carbonyl (C=O) groups is 1. The molecule has 2 fully saturated rings. The Morgan fingerprint density at radius 2 is 1.74 bits per heavy atom. The highest BCUT2D eigenvalue weighted by molar-refractivity contribution is 5.72. The lowest BCUT2D eigenvalue weighted by Gasteiger charge is -2.28. The Labute approximate surface area is 117 Å². The highest BCUT2D eigenvalue weighted by atomic mass is 16.5. The van der Waals surface area contributed by atoms with Crippen LogP contribution in [0.3, 0.4) is 0 Å². The van der Waals surface area contributed by atoms with Gasteiger partial charge in [0.05, 0.1) is 13.0 Å². The van der Waals surface area contributed by atoms with Crippen LogP contribution in [0.1, 0.15) is 64.2 Å². The Hall–Kier alpha value is -0.570. The fourth-order valence-electron chi connectivity index (χ4n) is 3.67. The molecule has 0 saturated heterocycles. The molecule has 0 heterocycles. The molecular weight excluding hydrogens is 238 g/mol. The van der Waals surface area contributed by atoms with Crippen molar-refractivity contribution in [2.45, 2.75) is 70.3 Å². The van der Waals surface area contributed by atoms with Crippen molar-refractivity contribution in [3.63, 3.8) is 0 Å². The van der Waals surface area contributed by atoms with E-state index in [4.69, 9.17) is 4.74 Å². The molecule has 0 bridgehead atoms. The van der Waals surface area contributed by atoms with Gasteiger partial charge in [0.25, 0.3) is 0 Å². The molecule has 2 aliphatic carbocycles. The molecular formula is C16H29NO2. The van der Waals surface area contributed by atoms with E-state index in [0.29, 0.717) is 6.04 Å². The normalized spacial score (nSPS) is 29.1. The van der Waals surface area contributed by atoms with Crippen molar-refractivity contribution in [1.29, 1.82) is 0 Å². The molecule has 0 amide bonds. The van der Waals surface area contributed by atoms with Gasteiger partial charge in [-0.25, -0.2) is 0 Å². The van der Waals surface area contributed by atoms with Gasteiger partial charge < -0.3 is 10.1 Å². The lowest BCUT2D eigenvalue weighted by molar-refractivity contribution is -0.146. The van der Waals surface area contributed by atoms with E-state index in [1.165, 1.54) is 45.6 Å². The number of hydrogen-bond donors (Lipinski definition) is 1. The molecule has 2 rings (SSSR count). The molecule has 0 aromatic rings. The number of methoxy groups -OCH3 is 1. The van der Waals surface area contributed by atoms with Crippen LogP contribution in [0.4, 0.5) is 0 Å². The van der Waals surface area contributed by atoms with Gasteiger partial charge in [-0.3, -0.25) is 4.79 Å². The van der Waals surface area contributed by atoms with Crippen LogP contribution in [-0.4, -0.2) is 25.7 Å². The van der Waals surface area contributed by atoms with E-state index in [9.17, 15) is 4.79 Å². The average Bonchev–Trinajstić information content (AvgIpc) is 2.48. The standard InChI is InChI=1S/C16H29NO2/c1-19-16(18)14-7-9-15(10-8-14)17-12-11-13-5-3-2-4-6-13/h13-15,17H,2-12H2,1H3. The van der Waals surface area contributed by atoms with Gasteiger partial charge in [0.15, 0.2) is 0 Å². The van der Waals surface area contributed by atoms with Crippen LogP contribution in [0.2, 0.25) is 0 Å². The number of ether oxygens (including phenoxy) is 1. The fourth-order valence-corrected chi connectivity index (χ4v) is 3.67. The van der Waals surface area contributed by atoms with Crippen molar-refractivity contribution < 1.29 is 9.53 Å². The summed E-state index contributed by atoms with van der Waals surface area (Å²) in [5, 5.41) is 3.69. The number of esters is 1. The van der Waals surface area contributed by atoms with Gasteiger partial charge in [0, 0.05) is 6.04 Å². The second kappa shape index (κ2) is 7.88. The summed E-state index contributed by atoms with van der Waals surface area (Å²) in [6.45, 7) is 1.16. The number of nitrogens with one attached hydrogen (secondary N) is 1. The zero-order chi connectivity index (χ0) is 13.5. The molecule has 1 N–H and O–H groups in total. The molecule has 3 nitrogen and oxygen atoms in total. The predicted molar refractivity (Wildman–Crippen MR) is 77.0 cm³/mol. The van der Waals surface area contributed by atoms with Crippen LogP contribution >= 0.6 is 0 Å². The van der Waals surface area contributed by atoms with Gasteiger partial charge in [-0.05, 0) is 44.6 Å². The molecule has 0 aromatic carbocycles. The number of hydrogen-bond acceptors (Lipinski definition) is 3. The van der Waals surface area contributed by atoms with Crippen LogP contribution in [0.15, 0.2) is 0 Å². The smallest absolute Gasteiger partial charge is 0.308 e. The summed E-state index contributed by atoms with van der Waals surface area (Å²) in [6.07, 6.45) is 12.8. The van der Waals surface area contributed by atoms with Gasteiger partial charge in [-0.15, -0.1) is 0 Å². The summed E-state index contributed by atoms with van der Waals surface area (Å²) in [6, 6.07) is 0.629. The molecule has 3 heteroatoms. The first-order valence-corrected chi connectivity index (χ1v) is 8.11. The van der Waals surface area contributed by atoms with Gasteiger partial charge >= 0.3 is 5.97 Å². The van der Waals surface area contributed by atoms with E-state index in [1.54, 1.807) is 0 Å². The zero-order valence-corrected chi connectivity index (χ0v) is 12.3. The molecule has 2 aliphatic rings. The molecule has 0 unspecified atom stereocenters. The Kier molecular flexibility index (Phi) is 6.15. The molecule has 19 heavy (non-hydrogen) atoms. The third-order valence-corrected chi connectivity index (χ3v) is 4.97. The van der Waals surface area contributed by atoms with Crippen LogP contribution in [0.5, 0.6) is 0 Å². The topological polar surface area (TPSA) is 38.3 Å². The zero-order valence-electron chi connectivity index (χ0n) is 12.3.